The van der Waals surface area contributed by atoms with E-state index in [1.807, 2.05) is 62.4 Å². The second-order valence-corrected chi connectivity index (χ2v) is 7.16. The number of amides is 1. The lowest BCUT2D eigenvalue weighted by molar-refractivity contribution is -0.114. The van der Waals surface area contributed by atoms with Crippen molar-refractivity contribution < 1.29 is 4.79 Å². The molecule has 1 N–H and O–H groups in total. The molecule has 0 radical (unpaired) electrons. The molecule has 26 heavy (non-hydrogen) atoms. The minimum Gasteiger partial charge on any atom is -0.282 e. The topological polar surface area (TPSA) is 68.9 Å². The van der Waals surface area contributed by atoms with Crippen LogP contribution in [-0.2, 0) is 4.79 Å². The highest BCUT2D eigenvalue weighted by Crippen LogP contribution is 2.30. The van der Waals surface area contributed by atoms with Crippen molar-refractivity contribution in [2.75, 3.05) is 0 Å². The van der Waals surface area contributed by atoms with Crippen molar-refractivity contribution in [1.82, 2.24) is 5.01 Å². The SMILES string of the molecule is Cc1ccc(C=C2C(=N)N3N=C(c4ccc(C)cc4)SC3=NC2=O)cc1. The fraction of sp³-hybridized carbons (Fsp3) is 0.100. The summed E-state index contributed by atoms with van der Waals surface area (Å²) in [4.78, 5) is 16.5. The van der Waals surface area contributed by atoms with Crippen molar-refractivity contribution in [3.05, 3.63) is 76.4 Å². The molecule has 0 saturated carbocycles. The van der Waals surface area contributed by atoms with E-state index in [-0.39, 0.29) is 11.4 Å². The average molecular weight is 360 g/mol. The van der Waals surface area contributed by atoms with Crippen molar-refractivity contribution in [3.63, 3.8) is 0 Å². The van der Waals surface area contributed by atoms with Crippen molar-refractivity contribution in [2.45, 2.75) is 13.8 Å². The van der Waals surface area contributed by atoms with Gasteiger partial charge in [0.25, 0.3) is 5.91 Å². The highest BCUT2D eigenvalue weighted by atomic mass is 32.2. The maximum atomic E-state index is 12.4. The minimum atomic E-state index is -0.408. The quantitative estimate of drug-likeness (QED) is 0.824. The Bertz CT molecular complexity index is 1000. The lowest BCUT2D eigenvalue weighted by Gasteiger charge is -2.20. The molecule has 2 aliphatic heterocycles. The van der Waals surface area contributed by atoms with Gasteiger partial charge < -0.3 is 0 Å². The van der Waals surface area contributed by atoms with Gasteiger partial charge in [-0.15, -0.1) is 0 Å². The number of amidine groups is 2. The summed E-state index contributed by atoms with van der Waals surface area (Å²) in [6.07, 6.45) is 1.69. The molecule has 2 aliphatic rings. The monoisotopic (exact) mass is 360 g/mol. The van der Waals surface area contributed by atoms with Crippen molar-refractivity contribution in [1.29, 1.82) is 5.41 Å². The lowest BCUT2D eigenvalue weighted by atomic mass is 10.1. The number of thioether (sulfide) groups is 1. The van der Waals surface area contributed by atoms with Gasteiger partial charge in [-0.1, -0.05) is 59.7 Å². The predicted molar refractivity (Wildman–Crippen MR) is 106 cm³/mol. The van der Waals surface area contributed by atoms with E-state index in [0.717, 1.165) is 21.7 Å². The van der Waals surface area contributed by atoms with Gasteiger partial charge in [0, 0.05) is 5.56 Å². The van der Waals surface area contributed by atoms with E-state index in [9.17, 15) is 4.79 Å². The number of fused-ring (bicyclic) bond motifs is 1. The summed E-state index contributed by atoms with van der Waals surface area (Å²) in [7, 11) is 0. The van der Waals surface area contributed by atoms with Gasteiger partial charge in [0.05, 0.1) is 5.57 Å². The fourth-order valence-electron chi connectivity index (χ4n) is 2.63. The maximum Gasteiger partial charge on any atom is 0.283 e. The van der Waals surface area contributed by atoms with Crippen LogP contribution in [0.4, 0.5) is 0 Å². The van der Waals surface area contributed by atoms with Gasteiger partial charge >= 0.3 is 0 Å². The zero-order chi connectivity index (χ0) is 18.3. The number of nitrogens with one attached hydrogen (secondary N) is 1. The Morgan fingerprint density at radius 2 is 1.62 bits per heavy atom. The average Bonchev–Trinajstić information content (AvgIpc) is 3.05. The number of aliphatic imine (C=N–C) groups is 1. The van der Waals surface area contributed by atoms with Crippen LogP contribution in [0.5, 0.6) is 0 Å². The third-order valence-corrected chi connectivity index (χ3v) is 5.10. The highest BCUT2D eigenvalue weighted by molar-refractivity contribution is 8.27. The zero-order valence-electron chi connectivity index (χ0n) is 14.4. The van der Waals surface area contributed by atoms with E-state index in [1.54, 1.807) is 6.08 Å². The summed E-state index contributed by atoms with van der Waals surface area (Å²) < 4.78 is 0. The molecule has 0 unspecified atom stereocenters. The van der Waals surface area contributed by atoms with Crippen LogP contribution in [0.2, 0.25) is 0 Å². The third kappa shape index (κ3) is 2.99. The van der Waals surface area contributed by atoms with Gasteiger partial charge in [0.2, 0.25) is 5.17 Å². The fourth-order valence-corrected chi connectivity index (χ4v) is 3.53. The zero-order valence-corrected chi connectivity index (χ0v) is 15.2. The van der Waals surface area contributed by atoms with E-state index >= 15 is 0 Å². The Morgan fingerprint density at radius 3 is 2.27 bits per heavy atom. The number of hydrazone groups is 1. The third-order valence-electron chi connectivity index (χ3n) is 4.14. The summed E-state index contributed by atoms with van der Waals surface area (Å²) in [5, 5.41) is 15.5. The molecule has 4 rings (SSSR count). The van der Waals surface area contributed by atoms with Gasteiger partial charge in [-0.25, -0.2) is 0 Å². The molecule has 128 valence electrons. The van der Waals surface area contributed by atoms with E-state index in [0.29, 0.717) is 5.17 Å². The lowest BCUT2D eigenvalue weighted by Crippen LogP contribution is -2.35. The minimum absolute atomic E-state index is 0.0511. The van der Waals surface area contributed by atoms with Crippen LogP contribution < -0.4 is 0 Å². The van der Waals surface area contributed by atoms with Crippen LogP contribution in [0.3, 0.4) is 0 Å². The number of nitrogens with zero attached hydrogens (tertiary/aromatic N) is 3. The summed E-state index contributed by atoms with van der Waals surface area (Å²) in [6, 6.07) is 15.8. The predicted octanol–water partition coefficient (Wildman–Crippen LogP) is 3.97. The Kier molecular flexibility index (Phi) is 4.05. The number of carbonyl (C=O) groups is 1. The number of aryl methyl sites for hydroxylation is 2. The number of rotatable bonds is 2. The first-order valence-electron chi connectivity index (χ1n) is 8.15. The second-order valence-electron chi connectivity index (χ2n) is 6.20. The summed E-state index contributed by atoms with van der Waals surface area (Å²) in [5.74, 6) is -0.357. The molecule has 2 heterocycles. The molecule has 0 spiro atoms. The molecule has 0 saturated heterocycles. The molecule has 1 amide bonds. The van der Waals surface area contributed by atoms with E-state index in [4.69, 9.17) is 5.41 Å². The number of carbonyl (C=O) groups excluding carboxylic acids is 1. The first-order chi connectivity index (χ1) is 12.5. The van der Waals surface area contributed by atoms with Crippen molar-refractivity contribution >= 4 is 39.8 Å². The van der Waals surface area contributed by atoms with E-state index in [1.165, 1.54) is 22.3 Å². The largest absolute Gasteiger partial charge is 0.283 e. The van der Waals surface area contributed by atoms with Gasteiger partial charge in [-0.3, -0.25) is 10.2 Å². The Labute approximate surface area is 155 Å². The molecule has 2 aromatic carbocycles. The molecule has 0 atom stereocenters. The van der Waals surface area contributed by atoms with E-state index in [2.05, 4.69) is 10.1 Å². The molecular weight excluding hydrogens is 344 g/mol. The normalized spacial score (nSPS) is 18.1. The first-order valence-corrected chi connectivity index (χ1v) is 8.97. The van der Waals surface area contributed by atoms with Crippen LogP contribution in [0.1, 0.15) is 22.3 Å². The first kappa shape index (κ1) is 16.5. The Morgan fingerprint density at radius 1 is 1.00 bits per heavy atom. The van der Waals surface area contributed by atoms with E-state index < -0.39 is 5.91 Å². The Hall–Kier alpha value is -2.99. The molecule has 0 fully saturated rings. The van der Waals surface area contributed by atoms with Gasteiger partial charge in [-0.2, -0.15) is 15.1 Å². The molecular formula is C20H16N4OS. The Balaban J connectivity index is 1.68. The van der Waals surface area contributed by atoms with Gasteiger partial charge in [0.1, 0.15) is 5.04 Å². The smallest absolute Gasteiger partial charge is 0.282 e. The maximum absolute atomic E-state index is 12.4. The molecule has 6 heteroatoms. The molecule has 0 aliphatic carbocycles. The number of hydrogen-bond acceptors (Lipinski definition) is 4. The van der Waals surface area contributed by atoms with Crippen LogP contribution in [0, 0.1) is 19.3 Å². The summed E-state index contributed by atoms with van der Waals surface area (Å²) in [5.41, 5.74) is 4.35. The molecule has 5 nitrogen and oxygen atoms in total. The standard InChI is InChI=1S/C20H16N4OS/c1-12-3-7-14(8-4-12)11-16-17(21)24-20(22-18(16)25)26-19(23-24)15-9-5-13(2)6-10-15/h3-11,21H,1-2H3. The van der Waals surface area contributed by atoms with Crippen LogP contribution in [-0.4, -0.2) is 27.0 Å². The number of hydrogen-bond donors (Lipinski definition) is 1. The van der Waals surface area contributed by atoms with Crippen molar-refractivity contribution in [3.8, 4) is 0 Å². The van der Waals surface area contributed by atoms with Crippen molar-refractivity contribution in [2.24, 2.45) is 10.1 Å². The van der Waals surface area contributed by atoms with Gasteiger partial charge in [0.15, 0.2) is 5.84 Å². The highest BCUT2D eigenvalue weighted by Gasteiger charge is 2.35. The number of benzene rings is 2. The van der Waals surface area contributed by atoms with Crippen LogP contribution >= 0.6 is 11.8 Å². The van der Waals surface area contributed by atoms with Crippen LogP contribution in [0.25, 0.3) is 6.08 Å². The summed E-state index contributed by atoms with van der Waals surface area (Å²) in [6.45, 7) is 4.03. The summed E-state index contributed by atoms with van der Waals surface area (Å²) >= 11 is 1.31. The molecule has 0 aromatic heterocycles. The van der Waals surface area contributed by atoms with Crippen LogP contribution in [0.15, 0.2) is 64.2 Å². The second kappa shape index (κ2) is 6.38. The molecule has 0 bridgehead atoms. The van der Waals surface area contributed by atoms with Gasteiger partial charge in [-0.05, 0) is 37.2 Å². The molecule has 2 aromatic rings.